The van der Waals surface area contributed by atoms with Crippen LogP contribution in [0, 0.1) is 0 Å². The van der Waals surface area contributed by atoms with Crippen molar-refractivity contribution in [3.05, 3.63) is 82.9 Å². The average Bonchev–Trinajstić information content (AvgIpc) is 3.14. The molecular formula is C36H34O12. The highest BCUT2D eigenvalue weighted by Crippen LogP contribution is 2.41. The molecule has 48 heavy (non-hydrogen) atoms. The predicted octanol–water partition coefficient (Wildman–Crippen LogP) is 5.55. The molecule has 250 valence electrons. The SMILES string of the molecule is COc1ccc(C(=O)C(=O)c2cc(OC)c(OC)c(OC)c2)c(-c2cc(OC)ccc2C(=O)C(=O)c2cc(OC)c(OC)c(OC)c2)c1. The Morgan fingerprint density at radius 1 is 0.375 bits per heavy atom. The van der Waals surface area contributed by atoms with Gasteiger partial charge in [-0.25, -0.2) is 0 Å². The molecule has 0 saturated heterocycles. The minimum absolute atomic E-state index is 0.0317. The normalized spacial score (nSPS) is 10.4. The van der Waals surface area contributed by atoms with Crippen molar-refractivity contribution in [3.63, 3.8) is 0 Å². The molecule has 12 nitrogen and oxygen atoms in total. The maximum atomic E-state index is 14.0. The molecule has 0 bridgehead atoms. The second kappa shape index (κ2) is 15.0. The first kappa shape index (κ1) is 34.8. The Bertz CT molecular complexity index is 1710. The Morgan fingerprint density at radius 3 is 0.938 bits per heavy atom. The Balaban J connectivity index is 1.89. The van der Waals surface area contributed by atoms with Crippen molar-refractivity contribution in [1.82, 2.24) is 0 Å². The summed E-state index contributed by atoms with van der Waals surface area (Å²) in [7, 11) is 11.2. The molecule has 0 aliphatic carbocycles. The molecule has 0 fully saturated rings. The lowest BCUT2D eigenvalue weighted by molar-refractivity contribution is 0.0815. The summed E-state index contributed by atoms with van der Waals surface area (Å²) in [6.45, 7) is 0. The standard InChI is InChI=1S/C36H34O12/c1-41-21-9-11-23(33(39)31(37)19-13-27(43-3)35(47-7)28(14-19)44-4)25(17-21)26-18-22(42-2)10-12-24(26)34(40)32(38)20-15-29(45-5)36(48-8)30(16-20)46-6/h9-18H,1-8H3. The first-order valence-corrected chi connectivity index (χ1v) is 14.3. The van der Waals surface area contributed by atoms with Gasteiger partial charge in [-0.2, -0.15) is 0 Å². The molecule has 12 heteroatoms. The number of carbonyl (C=O) groups is 4. The molecule has 4 aromatic carbocycles. The number of carbonyl (C=O) groups excluding carboxylic acids is 4. The van der Waals surface area contributed by atoms with Gasteiger partial charge in [-0.15, -0.1) is 0 Å². The van der Waals surface area contributed by atoms with Gasteiger partial charge >= 0.3 is 0 Å². The Hall–Kier alpha value is -6.04. The van der Waals surface area contributed by atoms with Crippen LogP contribution in [0.1, 0.15) is 41.4 Å². The van der Waals surface area contributed by atoms with Crippen LogP contribution in [0.25, 0.3) is 11.1 Å². The van der Waals surface area contributed by atoms with Crippen LogP contribution in [-0.2, 0) is 0 Å². The summed E-state index contributed by atoms with van der Waals surface area (Å²) in [6, 6.07) is 14.2. The van der Waals surface area contributed by atoms with Gasteiger partial charge in [-0.1, -0.05) is 0 Å². The van der Waals surface area contributed by atoms with Gasteiger partial charge in [-0.3, -0.25) is 19.2 Å². The molecule has 0 spiro atoms. The molecule has 0 saturated carbocycles. The number of Topliss-reactive ketones (excluding diaryl/α,β-unsaturated/α-hetero) is 4. The second-order valence-electron chi connectivity index (χ2n) is 9.97. The van der Waals surface area contributed by atoms with Gasteiger partial charge in [0.15, 0.2) is 23.0 Å². The van der Waals surface area contributed by atoms with Crippen LogP contribution < -0.4 is 37.9 Å². The molecule has 0 aromatic heterocycles. The molecule has 0 amide bonds. The summed E-state index contributed by atoms with van der Waals surface area (Å²) in [5, 5.41) is 0. The van der Waals surface area contributed by atoms with Crippen LogP contribution in [0.15, 0.2) is 60.7 Å². The number of hydrogen-bond donors (Lipinski definition) is 0. The lowest BCUT2D eigenvalue weighted by atomic mass is 9.88. The highest BCUT2D eigenvalue weighted by molar-refractivity contribution is 6.52. The van der Waals surface area contributed by atoms with E-state index in [0.717, 1.165) is 0 Å². The van der Waals surface area contributed by atoms with Crippen molar-refractivity contribution in [1.29, 1.82) is 0 Å². The third-order valence-corrected chi connectivity index (χ3v) is 7.50. The molecule has 0 radical (unpaired) electrons. The maximum Gasteiger partial charge on any atom is 0.234 e. The fourth-order valence-electron chi connectivity index (χ4n) is 5.07. The summed E-state index contributed by atoms with van der Waals surface area (Å²) in [5.41, 5.74) is 0.0703. The van der Waals surface area contributed by atoms with Crippen LogP contribution >= 0.6 is 0 Å². The minimum Gasteiger partial charge on any atom is -0.497 e. The number of hydrogen-bond acceptors (Lipinski definition) is 12. The molecule has 0 N–H and O–H groups in total. The quantitative estimate of drug-likeness (QED) is 0.117. The van der Waals surface area contributed by atoms with Crippen LogP contribution in [-0.4, -0.2) is 80.0 Å². The van der Waals surface area contributed by atoms with Gasteiger partial charge in [-0.05, 0) is 71.8 Å². The summed E-state index contributed by atoms with van der Waals surface area (Å²) in [6.07, 6.45) is 0. The first-order valence-electron chi connectivity index (χ1n) is 14.3. The molecule has 0 atom stereocenters. The highest BCUT2D eigenvalue weighted by Gasteiger charge is 2.30. The van der Waals surface area contributed by atoms with E-state index in [1.807, 2.05) is 0 Å². The van der Waals surface area contributed by atoms with Crippen molar-refractivity contribution in [3.8, 4) is 57.1 Å². The van der Waals surface area contributed by atoms with E-state index in [0.29, 0.717) is 11.5 Å². The first-order chi connectivity index (χ1) is 23.1. The fraction of sp³-hybridized carbons (Fsp3) is 0.222. The van der Waals surface area contributed by atoms with Crippen LogP contribution in [0.3, 0.4) is 0 Å². The van der Waals surface area contributed by atoms with Gasteiger partial charge in [0.25, 0.3) is 0 Å². The average molecular weight is 659 g/mol. The third-order valence-electron chi connectivity index (χ3n) is 7.50. The monoisotopic (exact) mass is 658 g/mol. The molecular weight excluding hydrogens is 624 g/mol. The van der Waals surface area contributed by atoms with E-state index in [1.54, 1.807) is 0 Å². The smallest absolute Gasteiger partial charge is 0.234 e. The Labute approximate surface area is 277 Å². The van der Waals surface area contributed by atoms with E-state index in [4.69, 9.17) is 37.9 Å². The van der Waals surface area contributed by atoms with Crippen LogP contribution in [0.2, 0.25) is 0 Å². The van der Waals surface area contributed by atoms with Crippen molar-refractivity contribution < 1.29 is 57.1 Å². The van der Waals surface area contributed by atoms with E-state index in [2.05, 4.69) is 0 Å². The Morgan fingerprint density at radius 2 is 0.688 bits per heavy atom. The van der Waals surface area contributed by atoms with Gasteiger partial charge in [0, 0.05) is 22.3 Å². The van der Waals surface area contributed by atoms with Gasteiger partial charge in [0.2, 0.25) is 34.6 Å². The number of benzene rings is 4. The lowest BCUT2D eigenvalue weighted by Gasteiger charge is -2.17. The zero-order chi connectivity index (χ0) is 35.1. The van der Waals surface area contributed by atoms with Crippen molar-refractivity contribution in [2.45, 2.75) is 0 Å². The van der Waals surface area contributed by atoms with Crippen LogP contribution in [0.5, 0.6) is 46.0 Å². The summed E-state index contributed by atoms with van der Waals surface area (Å²) >= 11 is 0. The zero-order valence-corrected chi connectivity index (χ0v) is 27.7. The molecule has 0 aliphatic rings. The molecule has 0 heterocycles. The van der Waals surface area contributed by atoms with E-state index in [-0.39, 0.29) is 67.9 Å². The van der Waals surface area contributed by atoms with Crippen molar-refractivity contribution in [2.75, 3.05) is 56.9 Å². The molecule has 4 aromatic rings. The number of ketones is 4. The minimum atomic E-state index is -0.918. The van der Waals surface area contributed by atoms with Crippen molar-refractivity contribution in [2.24, 2.45) is 0 Å². The van der Waals surface area contributed by atoms with Crippen LogP contribution in [0.4, 0.5) is 0 Å². The van der Waals surface area contributed by atoms with E-state index in [1.165, 1.54) is 118 Å². The summed E-state index contributed by atoms with van der Waals surface area (Å²) in [5.74, 6) is -1.81. The molecule has 0 unspecified atom stereocenters. The highest BCUT2D eigenvalue weighted by atomic mass is 16.5. The zero-order valence-electron chi connectivity index (χ0n) is 27.7. The van der Waals surface area contributed by atoms with E-state index < -0.39 is 23.1 Å². The summed E-state index contributed by atoms with van der Waals surface area (Å²) in [4.78, 5) is 55.3. The number of methoxy groups -OCH3 is 8. The number of rotatable bonds is 15. The maximum absolute atomic E-state index is 14.0. The summed E-state index contributed by atoms with van der Waals surface area (Å²) < 4.78 is 42.9. The fourth-order valence-corrected chi connectivity index (χ4v) is 5.07. The topological polar surface area (TPSA) is 142 Å². The van der Waals surface area contributed by atoms with Gasteiger partial charge < -0.3 is 37.9 Å². The third kappa shape index (κ3) is 6.59. The van der Waals surface area contributed by atoms with E-state index in [9.17, 15) is 19.2 Å². The lowest BCUT2D eigenvalue weighted by Crippen LogP contribution is -2.18. The largest absolute Gasteiger partial charge is 0.497 e. The molecule has 4 rings (SSSR count). The Kier molecular flexibility index (Phi) is 10.9. The molecule has 0 aliphatic heterocycles. The number of ether oxygens (including phenoxy) is 8. The second-order valence-corrected chi connectivity index (χ2v) is 9.97. The van der Waals surface area contributed by atoms with Gasteiger partial charge in [0.1, 0.15) is 11.5 Å². The van der Waals surface area contributed by atoms with Crippen molar-refractivity contribution >= 4 is 23.1 Å². The van der Waals surface area contributed by atoms with E-state index >= 15 is 0 Å². The van der Waals surface area contributed by atoms with Gasteiger partial charge in [0.05, 0.1) is 56.9 Å². The predicted molar refractivity (Wildman–Crippen MR) is 174 cm³/mol.